The quantitative estimate of drug-likeness (QED) is 0.724. The molecule has 0 saturated carbocycles. The maximum Gasteiger partial charge on any atom is 0.321 e. The number of nitrogens with zero attached hydrogens (tertiary/aromatic N) is 2. The number of hydrogen-bond acceptors (Lipinski definition) is 4. The first-order valence-electron chi connectivity index (χ1n) is 7.39. The highest BCUT2D eigenvalue weighted by Crippen LogP contribution is 2.19. The summed E-state index contributed by atoms with van der Waals surface area (Å²) in [4.78, 5) is 19.9. The molecule has 3 rings (SSSR count). The van der Waals surface area contributed by atoms with Crippen molar-refractivity contribution in [3.05, 3.63) is 84.7 Å². The minimum Gasteiger partial charge on any atom is -0.424 e. The van der Waals surface area contributed by atoms with Crippen LogP contribution in [0, 0.1) is 0 Å². The third-order valence-corrected chi connectivity index (χ3v) is 3.10. The highest BCUT2D eigenvalue weighted by atomic mass is 16.5. The number of aromatic nitrogens is 2. The maximum absolute atomic E-state index is 11.9. The Kier molecular flexibility index (Phi) is 4.94. The number of ether oxygens (including phenoxy) is 1. The number of carbonyl (C=O) groups excluding carboxylic acids is 1. The molecule has 0 atom stereocenters. The lowest BCUT2D eigenvalue weighted by Gasteiger charge is -2.05. The molecule has 0 aliphatic heterocycles. The molecule has 118 valence electrons. The van der Waals surface area contributed by atoms with E-state index in [9.17, 15) is 4.79 Å². The van der Waals surface area contributed by atoms with Crippen molar-refractivity contribution in [3.8, 4) is 11.8 Å². The zero-order chi connectivity index (χ0) is 16.6. The van der Waals surface area contributed by atoms with Crippen molar-refractivity contribution in [1.29, 1.82) is 0 Å². The van der Waals surface area contributed by atoms with E-state index in [4.69, 9.17) is 4.74 Å². The SMILES string of the molecule is O=C(/C=C/c1ccccc1)Nc1ccc(Oc2ncccn2)cc1. The number of rotatable bonds is 5. The van der Waals surface area contributed by atoms with Gasteiger partial charge in [-0.25, -0.2) is 9.97 Å². The number of nitrogens with one attached hydrogen (secondary N) is 1. The van der Waals surface area contributed by atoms with Gasteiger partial charge in [-0.15, -0.1) is 0 Å². The van der Waals surface area contributed by atoms with E-state index in [2.05, 4.69) is 15.3 Å². The molecule has 1 heterocycles. The molecule has 0 saturated heterocycles. The molecule has 3 aromatic rings. The molecule has 0 radical (unpaired) electrons. The Morgan fingerprint density at radius 1 is 0.917 bits per heavy atom. The van der Waals surface area contributed by atoms with Gasteiger partial charge in [-0.3, -0.25) is 4.79 Å². The minimum atomic E-state index is -0.195. The second kappa shape index (κ2) is 7.69. The molecule has 5 heteroatoms. The van der Waals surface area contributed by atoms with Crippen molar-refractivity contribution < 1.29 is 9.53 Å². The zero-order valence-electron chi connectivity index (χ0n) is 12.8. The van der Waals surface area contributed by atoms with E-state index in [1.807, 2.05) is 30.3 Å². The molecular weight excluding hydrogens is 302 g/mol. The second-order valence-corrected chi connectivity index (χ2v) is 4.89. The molecule has 5 nitrogen and oxygen atoms in total. The van der Waals surface area contributed by atoms with Gasteiger partial charge >= 0.3 is 6.01 Å². The van der Waals surface area contributed by atoms with Gasteiger partial charge in [-0.05, 0) is 42.0 Å². The Hall–Kier alpha value is -3.47. The maximum atomic E-state index is 11.9. The summed E-state index contributed by atoms with van der Waals surface area (Å²) in [5.74, 6) is 0.401. The normalized spacial score (nSPS) is 10.5. The molecule has 1 aromatic heterocycles. The second-order valence-electron chi connectivity index (χ2n) is 4.89. The predicted octanol–water partition coefficient (Wildman–Crippen LogP) is 3.92. The van der Waals surface area contributed by atoms with Crippen LogP contribution in [-0.2, 0) is 4.79 Å². The Bertz CT molecular complexity index is 816. The van der Waals surface area contributed by atoms with Crippen LogP contribution in [0.25, 0.3) is 6.08 Å². The fourth-order valence-electron chi connectivity index (χ4n) is 1.97. The van der Waals surface area contributed by atoms with Crippen LogP contribution in [0.2, 0.25) is 0 Å². The van der Waals surface area contributed by atoms with Crippen molar-refractivity contribution in [2.75, 3.05) is 5.32 Å². The van der Waals surface area contributed by atoms with Crippen molar-refractivity contribution in [3.63, 3.8) is 0 Å². The summed E-state index contributed by atoms with van der Waals surface area (Å²) in [6.45, 7) is 0. The molecule has 0 aliphatic rings. The lowest BCUT2D eigenvalue weighted by atomic mass is 10.2. The first-order valence-corrected chi connectivity index (χ1v) is 7.39. The van der Waals surface area contributed by atoms with Gasteiger partial charge in [0.15, 0.2) is 0 Å². The van der Waals surface area contributed by atoms with Crippen molar-refractivity contribution in [1.82, 2.24) is 9.97 Å². The van der Waals surface area contributed by atoms with Gasteiger partial charge in [0.1, 0.15) is 5.75 Å². The lowest BCUT2D eigenvalue weighted by molar-refractivity contribution is -0.111. The van der Waals surface area contributed by atoms with E-state index >= 15 is 0 Å². The Balaban J connectivity index is 1.58. The molecule has 2 aromatic carbocycles. The number of amides is 1. The number of benzene rings is 2. The lowest BCUT2D eigenvalue weighted by Crippen LogP contribution is -2.07. The number of hydrogen-bond donors (Lipinski definition) is 1. The summed E-state index contributed by atoms with van der Waals surface area (Å²) >= 11 is 0. The zero-order valence-corrected chi connectivity index (χ0v) is 12.8. The predicted molar refractivity (Wildman–Crippen MR) is 92.7 cm³/mol. The van der Waals surface area contributed by atoms with E-state index in [-0.39, 0.29) is 11.9 Å². The fourth-order valence-corrected chi connectivity index (χ4v) is 1.97. The molecular formula is C19H15N3O2. The van der Waals surface area contributed by atoms with Crippen LogP contribution in [0.5, 0.6) is 11.8 Å². The average Bonchev–Trinajstić information content (AvgIpc) is 2.63. The minimum absolute atomic E-state index is 0.195. The van der Waals surface area contributed by atoms with E-state index in [1.54, 1.807) is 48.8 Å². The molecule has 24 heavy (non-hydrogen) atoms. The smallest absolute Gasteiger partial charge is 0.321 e. The molecule has 1 N–H and O–H groups in total. The van der Waals surface area contributed by atoms with E-state index in [0.29, 0.717) is 11.4 Å². The molecule has 0 bridgehead atoms. The molecule has 0 spiro atoms. The molecule has 0 aliphatic carbocycles. The Morgan fingerprint density at radius 3 is 2.33 bits per heavy atom. The summed E-state index contributed by atoms with van der Waals surface area (Å²) in [7, 11) is 0. The third-order valence-electron chi connectivity index (χ3n) is 3.10. The van der Waals surface area contributed by atoms with Crippen molar-refractivity contribution in [2.45, 2.75) is 0 Å². The average molecular weight is 317 g/mol. The van der Waals surface area contributed by atoms with Gasteiger partial charge in [0.2, 0.25) is 5.91 Å². The van der Waals surface area contributed by atoms with Gasteiger partial charge in [-0.2, -0.15) is 0 Å². The summed E-state index contributed by atoms with van der Waals surface area (Å²) in [6.07, 6.45) is 6.48. The highest BCUT2D eigenvalue weighted by Gasteiger charge is 2.01. The molecule has 0 fully saturated rings. The van der Waals surface area contributed by atoms with Gasteiger partial charge in [-0.1, -0.05) is 30.3 Å². The van der Waals surface area contributed by atoms with Crippen LogP contribution >= 0.6 is 0 Å². The largest absolute Gasteiger partial charge is 0.424 e. The van der Waals surface area contributed by atoms with Crippen LogP contribution in [0.1, 0.15) is 5.56 Å². The number of carbonyl (C=O) groups is 1. The van der Waals surface area contributed by atoms with Crippen LogP contribution < -0.4 is 10.1 Å². The standard InChI is InChI=1S/C19H15N3O2/c23-18(12-7-15-5-2-1-3-6-15)22-16-8-10-17(11-9-16)24-19-20-13-4-14-21-19/h1-14H,(H,22,23)/b12-7+. The summed E-state index contributed by atoms with van der Waals surface area (Å²) in [5.41, 5.74) is 1.65. The first kappa shape index (κ1) is 15.4. The van der Waals surface area contributed by atoms with E-state index in [1.165, 1.54) is 6.08 Å². The first-order chi connectivity index (χ1) is 11.8. The van der Waals surface area contributed by atoms with Gasteiger partial charge < -0.3 is 10.1 Å². The molecule has 0 unspecified atom stereocenters. The number of anilines is 1. The van der Waals surface area contributed by atoms with Crippen LogP contribution in [0.15, 0.2) is 79.1 Å². The van der Waals surface area contributed by atoms with Gasteiger partial charge in [0.25, 0.3) is 0 Å². The van der Waals surface area contributed by atoms with E-state index in [0.717, 1.165) is 5.56 Å². The Morgan fingerprint density at radius 2 is 1.62 bits per heavy atom. The van der Waals surface area contributed by atoms with Crippen LogP contribution in [-0.4, -0.2) is 15.9 Å². The third kappa shape index (κ3) is 4.51. The van der Waals surface area contributed by atoms with E-state index < -0.39 is 0 Å². The van der Waals surface area contributed by atoms with Crippen LogP contribution in [0.4, 0.5) is 5.69 Å². The Labute approximate surface area is 139 Å². The van der Waals surface area contributed by atoms with Crippen molar-refractivity contribution >= 4 is 17.7 Å². The fraction of sp³-hybridized carbons (Fsp3) is 0. The van der Waals surface area contributed by atoms with Gasteiger partial charge in [0.05, 0.1) is 0 Å². The summed E-state index contributed by atoms with van der Waals surface area (Å²) in [6, 6.07) is 18.6. The summed E-state index contributed by atoms with van der Waals surface area (Å²) in [5, 5.41) is 2.79. The highest BCUT2D eigenvalue weighted by molar-refractivity contribution is 6.01. The topological polar surface area (TPSA) is 64.1 Å². The van der Waals surface area contributed by atoms with Crippen LogP contribution in [0.3, 0.4) is 0 Å². The molecule has 1 amide bonds. The van der Waals surface area contributed by atoms with Crippen molar-refractivity contribution in [2.24, 2.45) is 0 Å². The summed E-state index contributed by atoms with van der Waals surface area (Å²) < 4.78 is 5.49. The van der Waals surface area contributed by atoms with Gasteiger partial charge in [0, 0.05) is 24.2 Å². The monoisotopic (exact) mass is 317 g/mol.